The molecule has 104 valence electrons. The van der Waals surface area contributed by atoms with Crippen molar-refractivity contribution >= 4 is 11.6 Å². The van der Waals surface area contributed by atoms with Crippen LogP contribution in [0.25, 0.3) is 0 Å². The fourth-order valence-electron chi connectivity index (χ4n) is 2.69. The highest BCUT2D eigenvalue weighted by Crippen LogP contribution is 2.25. The molecule has 0 aliphatic carbocycles. The number of aryl methyl sites for hydroxylation is 2. The molecule has 0 atom stereocenters. The zero-order valence-corrected chi connectivity index (χ0v) is 11.6. The molecule has 5 heteroatoms. The molecule has 0 fully saturated rings. The minimum Gasteiger partial charge on any atom is -0.436 e. The molecule has 1 aliphatic rings. The smallest absolute Gasteiger partial charge is 0.291 e. The summed E-state index contributed by atoms with van der Waals surface area (Å²) >= 11 is 0. The van der Waals surface area contributed by atoms with Crippen LogP contribution in [0.3, 0.4) is 0 Å². The molecule has 20 heavy (non-hydrogen) atoms. The van der Waals surface area contributed by atoms with Gasteiger partial charge in [0.15, 0.2) is 5.89 Å². The molecule has 0 radical (unpaired) electrons. The highest BCUT2D eigenvalue weighted by atomic mass is 16.4. The Hall–Kier alpha value is -2.30. The minimum atomic E-state index is -0.101. The van der Waals surface area contributed by atoms with E-state index in [9.17, 15) is 4.79 Å². The summed E-state index contributed by atoms with van der Waals surface area (Å²) in [6.07, 6.45) is 0.778. The van der Waals surface area contributed by atoms with Crippen molar-refractivity contribution in [3.8, 4) is 0 Å². The molecule has 0 saturated carbocycles. The van der Waals surface area contributed by atoms with Crippen molar-refractivity contribution in [1.82, 2.24) is 9.88 Å². The zero-order valence-electron chi connectivity index (χ0n) is 11.6. The topological polar surface area (TPSA) is 72.4 Å². The number of hydrogen-bond donors (Lipinski definition) is 1. The highest BCUT2D eigenvalue weighted by molar-refractivity contribution is 5.92. The summed E-state index contributed by atoms with van der Waals surface area (Å²) in [6.45, 7) is 4.76. The van der Waals surface area contributed by atoms with Crippen molar-refractivity contribution in [3.63, 3.8) is 0 Å². The number of nitrogens with two attached hydrogens (primary N) is 1. The first-order chi connectivity index (χ1) is 9.56. The van der Waals surface area contributed by atoms with Crippen molar-refractivity contribution in [2.45, 2.75) is 26.8 Å². The van der Waals surface area contributed by atoms with Gasteiger partial charge >= 0.3 is 0 Å². The summed E-state index contributed by atoms with van der Waals surface area (Å²) in [4.78, 5) is 18.4. The van der Waals surface area contributed by atoms with Crippen LogP contribution < -0.4 is 5.73 Å². The van der Waals surface area contributed by atoms with Crippen LogP contribution in [0.15, 0.2) is 22.6 Å². The fraction of sp³-hybridized carbons (Fsp3) is 0.333. The van der Waals surface area contributed by atoms with Gasteiger partial charge in [0.2, 0.25) is 5.76 Å². The third-order valence-corrected chi connectivity index (χ3v) is 3.69. The van der Waals surface area contributed by atoms with Crippen LogP contribution >= 0.6 is 0 Å². The zero-order chi connectivity index (χ0) is 14.3. The van der Waals surface area contributed by atoms with Gasteiger partial charge in [-0.25, -0.2) is 4.98 Å². The van der Waals surface area contributed by atoms with E-state index in [4.69, 9.17) is 10.2 Å². The second-order valence-electron chi connectivity index (χ2n) is 5.11. The summed E-state index contributed by atoms with van der Waals surface area (Å²) in [6, 6.07) is 5.84. The molecule has 0 saturated heterocycles. The molecule has 1 aromatic carbocycles. The van der Waals surface area contributed by atoms with Crippen LogP contribution in [0.2, 0.25) is 0 Å². The van der Waals surface area contributed by atoms with E-state index < -0.39 is 0 Å². The Kier molecular flexibility index (Phi) is 2.97. The quantitative estimate of drug-likeness (QED) is 0.806. The predicted octanol–water partition coefficient (Wildman–Crippen LogP) is 2.07. The van der Waals surface area contributed by atoms with E-state index in [1.165, 1.54) is 0 Å². The summed E-state index contributed by atoms with van der Waals surface area (Å²) in [5, 5.41) is 0. The molecule has 1 aromatic heterocycles. The SMILES string of the molecule is Cc1nc(C)c(C(=O)N2CCc3c(N)cccc3C2)o1. The number of amides is 1. The molecule has 0 unspecified atom stereocenters. The molecule has 3 rings (SSSR count). The minimum absolute atomic E-state index is 0.101. The van der Waals surface area contributed by atoms with Crippen LogP contribution in [0.5, 0.6) is 0 Å². The number of benzene rings is 1. The Morgan fingerprint density at radius 2 is 2.20 bits per heavy atom. The van der Waals surface area contributed by atoms with Gasteiger partial charge in [0.1, 0.15) is 0 Å². The van der Waals surface area contributed by atoms with Crippen LogP contribution in [-0.2, 0) is 13.0 Å². The summed E-state index contributed by atoms with van der Waals surface area (Å²) in [5.41, 5.74) is 9.68. The maximum atomic E-state index is 12.5. The average Bonchev–Trinajstić information content (AvgIpc) is 2.77. The maximum Gasteiger partial charge on any atom is 0.291 e. The molecule has 5 nitrogen and oxygen atoms in total. The Balaban J connectivity index is 1.87. The Labute approximate surface area is 117 Å². The van der Waals surface area contributed by atoms with Crippen molar-refractivity contribution in [2.75, 3.05) is 12.3 Å². The lowest BCUT2D eigenvalue weighted by atomic mass is 9.98. The van der Waals surface area contributed by atoms with Crippen LogP contribution in [0.1, 0.15) is 33.3 Å². The van der Waals surface area contributed by atoms with Gasteiger partial charge in [0.05, 0.1) is 5.69 Å². The summed E-state index contributed by atoms with van der Waals surface area (Å²) < 4.78 is 5.41. The van der Waals surface area contributed by atoms with Gasteiger partial charge < -0.3 is 15.1 Å². The molecule has 1 amide bonds. The summed E-state index contributed by atoms with van der Waals surface area (Å²) in [5.74, 6) is 0.763. The Morgan fingerprint density at radius 3 is 2.90 bits per heavy atom. The van der Waals surface area contributed by atoms with E-state index in [-0.39, 0.29) is 5.91 Å². The number of oxazole rings is 1. The number of anilines is 1. The lowest BCUT2D eigenvalue weighted by Gasteiger charge is -2.29. The van der Waals surface area contributed by atoms with Crippen molar-refractivity contribution in [1.29, 1.82) is 0 Å². The molecule has 2 heterocycles. The molecular formula is C15H17N3O2. The third-order valence-electron chi connectivity index (χ3n) is 3.69. The number of fused-ring (bicyclic) bond motifs is 1. The Morgan fingerprint density at radius 1 is 1.40 bits per heavy atom. The van der Waals surface area contributed by atoms with Gasteiger partial charge in [0.25, 0.3) is 5.91 Å². The largest absolute Gasteiger partial charge is 0.436 e. The number of carbonyl (C=O) groups is 1. The fourth-order valence-corrected chi connectivity index (χ4v) is 2.69. The van der Waals surface area contributed by atoms with Gasteiger partial charge in [-0.3, -0.25) is 4.79 Å². The second kappa shape index (κ2) is 4.67. The number of nitrogen functional groups attached to an aromatic ring is 1. The van der Waals surface area contributed by atoms with Crippen LogP contribution in [0, 0.1) is 13.8 Å². The average molecular weight is 271 g/mol. The first-order valence-electron chi connectivity index (χ1n) is 6.66. The van der Waals surface area contributed by atoms with Crippen molar-refractivity contribution in [3.05, 3.63) is 46.7 Å². The first-order valence-corrected chi connectivity index (χ1v) is 6.66. The van der Waals surface area contributed by atoms with E-state index >= 15 is 0 Å². The van der Waals surface area contributed by atoms with Gasteiger partial charge in [0, 0.05) is 25.7 Å². The van der Waals surface area contributed by atoms with Gasteiger partial charge in [-0.2, -0.15) is 0 Å². The lowest BCUT2D eigenvalue weighted by Crippen LogP contribution is -2.36. The van der Waals surface area contributed by atoms with Crippen LogP contribution in [0.4, 0.5) is 5.69 Å². The number of rotatable bonds is 1. The molecular weight excluding hydrogens is 254 g/mol. The number of nitrogens with zero attached hydrogens (tertiary/aromatic N) is 2. The standard InChI is InChI=1S/C15H17N3O2/c1-9-14(20-10(2)17-9)15(19)18-7-6-12-11(8-18)4-3-5-13(12)16/h3-5H,6-8,16H2,1-2H3. The second-order valence-corrected chi connectivity index (χ2v) is 5.11. The molecule has 2 N–H and O–H groups in total. The molecule has 0 bridgehead atoms. The monoisotopic (exact) mass is 271 g/mol. The lowest BCUT2D eigenvalue weighted by molar-refractivity contribution is 0.0700. The maximum absolute atomic E-state index is 12.5. The molecule has 1 aliphatic heterocycles. The number of hydrogen-bond acceptors (Lipinski definition) is 4. The third kappa shape index (κ3) is 2.05. The van der Waals surface area contributed by atoms with Crippen molar-refractivity contribution < 1.29 is 9.21 Å². The van der Waals surface area contributed by atoms with Crippen molar-refractivity contribution in [2.24, 2.45) is 0 Å². The Bertz CT molecular complexity index is 676. The van der Waals surface area contributed by atoms with Gasteiger partial charge in [-0.05, 0) is 30.5 Å². The van der Waals surface area contributed by atoms with Crippen LogP contribution in [-0.4, -0.2) is 22.3 Å². The van der Waals surface area contributed by atoms with Gasteiger partial charge in [-0.15, -0.1) is 0 Å². The van der Waals surface area contributed by atoms with Gasteiger partial charge in [-0.1, -0.05) is 12.1 Å². The van der Waals surface area contributed by atoms with E-state index in [0.717, 1.165) is 23.2 Å². The number of carbonyl (C=O) groups excluding carboxylic acids is 1. The van der Waals surface area contributed by atoms with E-state index in [2.05, 4.69) is 4.98 Å². The first kappa shape index (κ1) is 12.7. The highest BCUT2D eigenvalue weighted by Gasteiger charge is 2.26. The normalized spacial score (nSPS) is 14.2. The summed E-state index contributed by atoms with van der Waals surface area (Å²) in [7, 11) is 0. The molecule has 2 aromatic rings. The molecule has 0 spiro atoms. The predicted molar refractivity (Wildman–Crippen MR) is 75.3 cm³/mol. The van der Waals surface area contributed by atoms with E-state index in [0.29, 0.717) is 30.4 Å². The van der Waals surface area contributed by atoms with E-state index in [1.54, 1.807) is 18.7 Å². The number of aromatic nitrogens is 1. The van der Waals surface area contributed by atoms with E-state index in [1.807, 2.05) is 18.2 Å².